The second-order valence-corrected chi connectivity index (χ2v) is 2.64. The summed E-state index contributed by atoms with van der Waals surface area (Å²) in [5, 5.41) is 0. The number of imidazole rings is 1. The number of aliphatic imine (C=N–C) groups is 1. The summed E-state index contributed by atoms with van der Waals surface area (Å²) in [5.74, 6) is 6.83. The van der Waals surface area contributed by atoms with Crippen molar-refractivity contribution < 1.29 is 0 Å². The lowest BCUT2D eigenvalue weighted by molar-refractivity contribution is 0.321. The maximum absolute atomic E-state index is 5.77. The molecule has 0 aliphatic carbocycles. The van der Waals surface area contributed by atoms with Crippen LogP contribution in [0.25, 0.3) is 0 Å². The Morgan fingerprint density at radius 2 is 2.36 bits per heavy atom. The number of hydrogen-bond acceptors (Lipinski definition) is 4. The Bertz CT molecular complexity index is 322. The zero-order valence-corrected chi connectivity index (χ0v) is 6.10. The fourth-order valence-electron chi connectivity index (χ4n) is 1.10. The molecule has 58 valence electrons. The average molecular weight is 153 g/mol. The second kappa shape index (κ2) is 1.60. The summed E-state index contributed by atoms with van der Waals surface area (Å²) in [5.41, 5.74) is 5.59. The van der Waals surface area contributed by atoms with Crippen molar-refractivity contribution in [1.29, 1.82) is 0 Å². The number of nitrogens with two attached hydrogens (primary N) is 2. The van der Waals surface area contributed by atoms with E-state index >= 15 is 0 Å². The summed E-state index contributed by atoms with van der Waals surface area (Å²) in [6.45, 7) is 0. The van der Waals surface area contributed by atoms with Crippen LogP contribution in [0.5, 0.6) is 0 Å². The lowest BCUT2D eigenvalue weighted by atomic mass is 10.8. The van der Waals surface area contributed by atoms with Crippen molar-refractivity contribution in [2.45, 2.75) is 0 Å². The molecule has 0 fully saturated rings. The minimum Gasteiger partial charge on any atom is -0.380 e. The van der Waals surface area contributed by atoms with Gasteiger partial charge in [0.2, 0.25) is 6.34 Å². The molecule has 1 aromatic heterocycles. The summed E-state index contributed by atoms with van der Waals surface area (Å²) < 4.78 is 1.64. The first-order valence-corrected chi connectivity index (χ1v) is 3.15. The summed E-state index contributed by atoms with van der Waals surface area (Å²) in [7, 11) is 1.76. The fraction of sp³-hybridized carbons (Fsp3) is 0.200. The van der Waals surface area contributed by atoms with E-state index in [2.05, 4.69) is 9.98 Å². The smallest absolute Gasteiger partial charge is 0.286 e. The Morgan fingerprint density at radius 1 is 1.64 bits per heavy atom. The molecule has 0 saturated heterocycles. The third-order valence-corrected chi connectivity index (χ3v) is 1.58. The van der Waals surface area contributed by atoms with Gasteiger partial charge >= 0.3 is 0 Å². The van der Waals surface area contributed by atoms with E-state index in [4.69, 9.17) is 11.6 Å². The summed E-state index contributed by atoms with van der Waals surface area (Å²) in [6, 6.07) is 0. The van der Waals surface area contributed by atoms with Gasteiger partial charge < -0.3 is 5.73 Å². The van der Waals surface area contributed by atoms with Gasteiger partial charge in [0.15, 0.2) is 5.82 Å². The average Bonchev–Trinajstić information content (AvgIpc) is 2.38. The van der Waals surface area contributed by atoms with Crippen LogP contribution in [-0.4, -0.2) is 23.0 Å². The molecule has 1 aliphatic heterocycles. The molecule has 2 heterocycles. The lowest BCUT2D eigenvalue weighted by Gasteiger charge is -2.18. The van der Waals surface area contributed by atoms with E-state index in [1.54, 1.807) is 18.1 Å². The Hall–Kier alpha value is -1.40. The minimum absolute atomic E-state index is 0.0150. The first-order valence-electron chi connectivity index (χ1n) is 3.15. The molecule has 6 nitrogen and oxygen atoms in total. The van der Waals surface area contributed by atoms with Gasteiger partial charge in [0.05, 0.1) is 6.20 Å². The van der Waals surface area contributed by atoms with Crippen molar-refractivity contribution in [2.75, 3.05) is 12.8 Å². The number of fused-ring (bicyclic) bond motifs is 1. The Balaban J connectivity index is 2.68. The van der Waals surface area contributed by atoms with Crippen LogP contribution in [0.3, 0.4) is 0 Å². The highest BCUT2D eigenvalue weighted by molar-refractivity contribution is 5.70. The third-order valence-electron chi connectivity index (χ3n) is 1.58. The van der Waals surface area contributed by atoms with Crippen molar-refractivity contribution in [3.8, 4) is 0 Å². The second-order valence-electron chi connectivity index (χ2n) is 2.64. The first kappa shape index (κ1) is 6.32. The molecule has 0 radical (unpaired) electrons. The van der Waals surface area contributed by atoms with Crippen molar-refractivity contribution in [3.63, 3.8) is 0 Å². The molecule has 1 aromatic rings. The van der Waals surface area contributed by atoms with Crippen LogP contribution in [0.2, 0.25) is 0 Å². The van der Waals surface area contributed by atoms with E-state index in [-0.39, 0.29) is 4.70 Å². The molecule has 0 bridgehead atoms. The van der Waals surface area contributed by atoms with Crippen LogP contribution in [0.1, 0.15) is 0 Å². The van der Waals surface area contributed by atoms with Crippen molar-refractivity contribution in [3.05, 3.63) is 6.20 Å². The topological polar surface area (TPSA) is 82.2 Å². The number of nitrogen functional groups attached to an aromatic ring is 1. The Labute approximate surface area is 63.3 Å². The highest BCUT2D eigenvalue weighted by atomic mass is 15.9. The third kappa shape index (κ3) is 0.673. The standard InChI is InChI=1S/C5H9N6/c1-11(7)3-9-5-8-2-4(6)10(5)11/h2-3H,6-7H2,1H3/q+1. The zero-order chi connectivity index (χ0) is 8.06. The number of nitrogens with zero attached hydrogens (tertiary/aromatic N) is 4. The normalized spacial score (nSPS) is 27.5. The monoisotopic (exact) mass is 153 g/mol. The van der Waals surface area contributed by atoms with E-state index in [0.29, 0.717) is 11.8 Å². The molecular formula is C5H9N6+. The molecule has 1 atom stereocenters. The molecule has 1 aliphatic rings. The number of rotatable bonds is 0. The van der Waals surface area contributed by atoms with Crippen LogP contribution < -0.4 is 16.3 Å². The zero-order valence-electron chi connectivity index (χ0n) is 6.10. The van der Waals surface area contributed by atoms with Gasteiger partial charge in [0, 0.05) is 0 Å². The molecule has 0 saturated carbocycles. The highest BCUT2D eigenvalue weighted by Crippen LogP contribution is 2.20. The summed E-state index contributed by atoms with van der Waals surface area (Å²) >= 11 is 0. The molecule has 0 aromatic carbocycles. The van der Waals surface area contributed by atoms with Crippen LogP contribution in [0.4, 0.5) is 11.8 Å². The summed E-state index contributed by atoms with van der Waals surface area (Å²) in [6.07, 6.45) is 3.11. The predicted molar refractivity (Wildman–Crippen MR) is 42.4 cm³/mol. The summed E-state index contributed by atoms with van der Waals surface area (Å²) in [4.78, 5) is 7.90. The van der Waals surface area contributed by atoms with Gasteiger partial charge in [-0.3, -0.25) is 0 Å². The molecule has 1 unspecified atom stereocenters. The van der Waals surface area contributed by atoms with Gasteiger partial charge in [-0.2, -0.15) is 4.99 Å². The highest BCUT2D eigenvalue weighted by Gasteiger charge is 2.29. The Kier molecular flexibility index (Phi) is 0.921. The van der Waals surface area contributed by atoms with Crippen LogP contribution in [0, 0.1) is 0 Å². The van der Waals surface area contributed by atoms with E-state index in [9.17, 15) is 0 Å². The molecule has 2 rings (SSSR count). The SMILES string of the molecule is C[N+]1(N)C=Nc2ncc(N)n21. The maximum atomic E-state index is 5.77. The maximum Gasteiger partial charge on any atom is 0.286 e. The van der Waals surface area contributed by atoms with E-state index in [0.717, 1.165) is 0 Å². The van der Waals surface area contributed by atoms with Gasteiger partial charge in [-0.1, -0.05) is 0 Å². The van der Waals surface area contributed by atoms with Gasteiger partial charge in [-0.15, -0.1) is 15.2 Å². The molecule has 0 amide bonds. The van der Waals surface area contributed by atoms with Crippen LogP contribution in [-0.2, 0) is 0 Å². The van der Waals surface area contributed by atoms with Gasteiger partial charge in [0.1, 0.15) is 7.05 Å². The Morgan fingerprint density at radius 3 is 3.00 bits per heavy atom. The van der Waals surface area contributed by atoms with Gasteiger partial charge in [-0.05, 0) is 0 Å². The molecule has 0 spiro atoms. The van der Waals surface area contributed by atoms with Crippen molar-refractivity contribution >= 4 is 18.1 Å². The van der Waals surface area contributed by atoms with Gasteiger partial charge in [-0.25, -0.2) is 4.98 Å². The quantitative estimate of drug-likeness (QED) is 0.373. The molecular weight excluding hydrogens is 144 g/mol. The molecule has 4 N–H and O–H groups in total. The van der Waals surface area contributed by atoms with E-state index < -0.39 is 0 Å². The molecule has 6 heteroatoms. The number of quaternary nitrogens is 1. The lowest BCUT2D eigenvalue weighted by Crippen LogP contribution is -2.57. The van der Waals surface area contributed by atoms with Crippen LogP contribution >= 0.6 is 0 Å². The number of hydrogen-bond donors (Lipinski definition) is 2. The number of anilines is 1. The predicted octanol–water partition coefficient (Wildman–Crippen LogP) is -0.919. The fourth-order valence-corrected chi connectivity index (χ4v) is 1.10. The van der Waals surface area contributed by atoms with E-state index in [1.165, 1.54) is 6.20 Å². The largest absolute Gasteiger partial charge is 0.380 e. The minimum atomic E-state index is 0.0150. The van der Waals surface area contributed by atoms with Crippen molar-refractivity contribution in [1.82, 2.24) is 14.4 Å². The van der Waals surface area contributed by atoms with E-state index in [1.807, 2.05) is 0 Å². The number of aromatic nitrogens is 2. The first-order chi connectivity index (χ1) is 5.11. The van der Waals surface area contributed by atoms with Gasteiger partial charge in [0.25, 0.3) is 5.95 Å². The van der Waals surface area contributed by atoms with Crippen LogP contribution in [0.15, 0.2) is 11.2 Å². The van der Waals surface area contributed by atoms with Crippen molar-refractivity contribution in [2.24, 2.45) is 10.8 Å². The molecule has 11 heavy (non-hydrogen) atoms.